The van der Waals surface area contributed by atoms with Gasteiger partial charge in [0.2, 0.25) is 0 Å². The summed E-state index contributed by atoms with van der Waals surface area (Å²) in [5, 5.41) is 9.20. The van der Waals surface area contributed by atoms with Crippen LogP contribution < -0.4 is 5.69 Å². The van der Waals surface area contributed by atoms with Crippen molar-refractivity contribution in [1.29, 1.82) is 0 Å². The number of fused-ring (bicyclic) bond motifs is 1. The van der Waals surface area contributed by atoms with Crippen LogP contribution in [0.5, 0.6) is 0 Å². The minimum atomic E-state index is -1.06. The lowest BCUT2D eigenvalue weighted by molar-refractivity contribution is 0.0699. The molecule has 0 bridgehead atoms. The van der Waals surface area contributed by atoms with Crippen molar-refractivity contribution in [2.45, 2.75) is 13.8 Å². The third-order valence-electron chi connectivity index (χ3n) is 3.70. The summed E-state index contributed by atoms with van der Waals surface area (Å²) in [6, 6.07) is 10.6. The van der Waals surface area contributed by atoms with Crippen molar-refractivity contribution in [3.63, 3.8) is 0 Å². The maximum Gasteiger partial charge on any atom is 0.337 e. The molecule has 0 fully saturated rings. The highest BCUT2D eigenvalue weighted by Crippen LogP contribution is 2.20. The molecule has 0 saturated carbocycles. The third-order valence-corrected chi connectivity index (χ3v) is 3.70. The average molecular weight is 282 g/mol. The van der Waals surface area contributed by atoms with E-state index in [1.807, 2.05) is 32.0 Å². The van der Waals surface area contributed by atoms with Gasteiger partial charge in [-0.2, -0.15) is 0 Å². The Hall–Kier alpha value is -2.82. The summed E-state index contributed by atoms with van der Waals surface area (Å²) in [4.78, 5) is 26.1. The van der Waals surface area contributed by atoms with Crippen LogP contribution >= 0.6 is 0 Å². The van der Waals surface area contributed by atoms with Gasteiger partial charge in [0.1, 0.15) is 0 Å². The predicted molar refractivity (Wildman–Crippen MR) is 80.3 cm³/mol. The lowest BCUT2D eigenvalue weighted by Gasteiger charge is -2.07. The monoisotopic (exact) mass is 282 g/mol. The molecule has 0 atom stereocenters. The second kappa shape index (κ2) is 4.63. The van der Waals surface area contributed by atoms with Crippen molar-refractivity contribution in [2.75, 3.05) is 0 Å². The molecule has 3 aromatic rings. The number of aromatic amines is 1. The first kappa shape index (κ1) is 13.2. The van der Waals surface area contributed by atoms with E-state index in [1.54, 1.807) is 12.1 Å². The highest BCUT2D eigenvalue weighted by molar-refractivity contribution is 6.01. The van der Waals surface area contributed by atoms with Crippen molar-refractivity contribution >= 4 is 17.0 Å². The van der Waals surface area contributed by atoms with E-state index >= 15 is 0 Å². The first-order chi connectivity index (χ1) is 9.99. The van der Waals surface area contributed by atoms with Crippen molar-refractivity contribution < 1.29 is 9.90 Å². The summed E-state index contributed by atoms with van der Waals surface area (Å²) >= 11 is 0. The molecule has 0 aliphatic heterocycles. The molecule has 1 heterocycles. The lowest BCUT2D eigenvalue weighted by atomic mass is 10.1. The Morgan fingerprint density at radius 2 is 1.90 bits per heavy atom. The number of hydrogen-bond acceptors (Lipinski definition) is 2. The Morgan fingerprint density at radius 3 is 2.57 bits per heavy atom. The van der Waals surface area contributed by atoms with Crippen LogP contribution in [0.4, 0.5) is 0 Å². The summed E-state index contributed by atoms with van der Waals surface area (Å²) in [5.41, 5.74) is 3.57. The smallest absolute Gasteiger partial charge is 0.337 e. The molecule has 0 unspecified atom stereocenters. The molecular weight excluding hydrogens is 268 g/mol. The number of aromatic carboxylic acids is 1. The number of aryl methyl sites for hydroxylation is 2. The Balaban J connectivity index is 2.35. The molecule has 5 nitrogen and oxygen atoms in total. The predicted octanol–water partition coefficient (Wildman–Crippen LogP) is 2.63. The molecular formula is C16H14N2O3. The fraction of sp³-hybridized carbons (Fsp3) is 0.125. The number of imidazole rings is 1. The Morgan fingerprint density at radius 1 is 1.14 bits per heavy atom. The Labute approximate surface area is 120 Å². The van der Waals surface area contributed by atoms with Crippen LogP contribution in [0.2, 0.25) is 0 Å². The number of aromatic nitrogens is 2. The molecule has 0 aliphatic carbocycles. The van der Waals surface area contributed by atoms with Gasteiger partial charge in [0.15, 0.2) is 0 Å². The molecule has 21 heavy (non-hydrogen) atoms. The Kier molecular flexibility index (Phi) is 2.90. The van der Waals surface area contributed by atoms with Gasteiger partial charge in [0, 0.05) is 0 Å². The number of carboxylic acid groups (broad SMARTS) is 1. The first-order valence-electron chi connectivity index (χ1n) is 6.53. The fourth-order valence-corrected chi connectivity index (χ4v) is 2.43. The molecule has 0 amide bonds. The van der Waals surface area contributed by atoms with Crippen LogP contribution in [-0.4, -0.2) is 20.6 Å². The standard InChI is InChI=1S/C16H14N2O3/c1-9-6-7-11(8-10(9)2)18-13-5-3-4-12(15(19)20)14(13)17-16(18)21/h3-8H,1-2H3,(H,17,21)(H,19,20). The van der Waals surface area contributed by atoms with Crippen LogP contribution in [0, 0.1) is 13.8 Å². The van der Waals surface area contributed by atoms with Crippen LogP contribution in [0.15, 0.2) is 41.2 Å². The van der Waals surface area contributed by atoms with E-state index in [0.717, 1.165) is 16.8 Å². The van der Waals surface area contributed by atoms with Crippen molar-refractivity contribution in [1.82, 2.24) is 9.55 Å². The number of nitrogens with one attached hydrogen (secondary N) is 1. The van der Waals surface area contributed by atoms with E-state index in [9.17, 15) is 14.7 Å². The molecule has 5 heteroatoms. The molecule has 1 aromatic heterocycles. The lowest BCUT2D eigenvalue weighted by Crippen LogP contribution is -2.14. The zero-order valence-electron chi connectivity index (χ0n) is 11.7. The quantitative estimate of drug-likeness (QED) is 0.758. The maximum atomic E-state index is 12.2. The summed E-state index contributed by atoms with van der Waals surface area (Å²) in [7, 11) is 0. The SMILES string of the molecule is Cc1ccc(-n2c(=O)[nH]c3c(C(=O)O)cccc32)cc1C. The first-order valence-corrected chi connectivity index (χ1v) is 6.53. The number of nitrogens with zero attached hydrogens (tertiary/aromatic N) is 1. The molecule has 3 rings (SSSR count). The van der Waals surface area contributed by atoms with Gasteiger partial charge < -0.3 is 10.1 Å². The van der Waals surface area contributed by atoms with Gasteiger partial charge in [-0.3, -0.25) is 4.57 Å². The molecule has 0 radical (unpaired) electrons. The number of carboxylic acids is 1. The van der Waals surface area contributed by atoms with Gasteiger partial charge in [0.05, 0.1) is 22.3 Å². The van der Waals surface area contributed by atoms with Gasteiger partial charge >= 0.3 is 11.7 Å². The molecule has 2 aromatic carbocycles. The van der Waals surface area contributed by atoms with Crippen LogP contribution in [0.1, 0.15) is 21.5 Å². The summed E-state index contributed by atoms with van der Waals surface area (Å²) in [5.74, 6) is -1.06. The summed E-state index contributed by atoms with van der Waals surface area (Å²) < 4.78 is 1.49. The number of para-hydroxylation sites is 1. The van der Waals surface area contributed by atoms with E-state index in [2.05, 4.69) is 4.98 Å². The minimum absolute atomic E-state index is 0.0900. The fourth-order valence-electron chi connectivity index (χ4n) is 2.43. The molecule has 0 spiro atoms. The Bertz CT molecular complexity index is 919. The number of hydrogen-bond donors (Lipinski definition) is 2. The second-order valence-electron chi connectivity index (χ2n) is 5.04. The van der Waals surface area contributed by atoms with E-state index in [1.165, 1.54) is 10.6 Å². The van der Waals surface area contributed by atoms with Crippen molar-refractivity contribution in [2.24, 2.45) is 0 Å². The maximum absolute atomic E-state index is 12.2. The zero-order valence-corrected chi connectivity index (χ0v) is 11.7. The average Bonchev–Trinajstić information content (AvgIpc) is 2.77. The highest BCUT2D eigenvalue weighted by atomic mass is 16.4. The van der Waals surface area contributed by atoms with E-state index < -0.39 is 5.97 Å². The summed E-state index contributed by atoms with van der Waals surface area (Å²) in [6.45, 7) is 3.97. The largest absolute Gasteiger partial charge is 0.478 e. The van der Waals surface area contributed by atoms with E-state index in [0.29, 0.717) is 11.0 Å². The number of benzene rings is 2. The van der Waals surface area contributed by atoms with Gasteiger partial charge in [-0.1, -0.05) is 12.1 Å². The zero-order chi connectivity index (χ0) is 15.1. The van der Waals surface area contributed by atoms with E-state index in [4.69, 9.17) is 0 Å². The summed E-state index contributed by atoms with van der Waals surface area (Å²) in [6.07, 6.45) is 0. The third kappa shape index (κ3) is 2.03. The van der Waals surface area contributed by atoms with Gasteiger partial charge in [-0.15, -0.1) is 0 Å². The number of carbonyl (C=O) groups is 1. The number of rotatable bonds is 2. The second-order valence-corrected chi connectivity index (χ2v) is 5.04. The topological polar surface area (TPSA) is 75.1 Å². The normalized spacial score (nSPS) is 11.0. The van der Waals surface area contributed by atoms with Crippen molar-refractivity contribution in [3.05, 3.63) is 63.6 Å². The van der Waals surface area contributed by atoms with Crippen LogP contribution in [-0.2, 0) is 0 Å². The van der Waals surface area contributed by atoms with Crippen LogP contribution in [0.3, 0.4) is 0 Å². The van der Waals surface area contributed by atoms with E-state index in [-0.39, 0.29) is 11.3 Å². The number of H-pyrrole nitrogens is 1. The molecule has 106 valence electrons. The van der Waals surface area contributed by atoms with Crippen LogP contribution in [0.25, 0.3) is 16.7 Å². The minimum Gasteiger partial charge on any atom is -0.478 e. The molecule has 0 saturated heterocycles. The molecule has 0 aliphatic rings. The van der Waals surface area contributed by atoms with Gasteiger partial charge in [0.25, 0.3) is 0 Å². The van der Waals surface area contributed by atoms with Gasteiger partial charge in [-0.05, 0) is 49.2 Å². The highest BCUT2D eigenvalue weighted by Gasteiger charge is 2.15. The molecule has 2 N–H and O–H groups in total. The van der Waals surface area contributed by atoms with Crippen molar-refractivity contribution in [3.8, 4) is 5.69 Å². The van der Waals surface area contributed by atoms with Gasteiger partial charge in [-0.25, -0.2) is 9.59 Å².